The molecule has 3 aromatic rings. The summed E-state index contributed by atoms with van der Waals surface area (Å²) in [6.45, 7) is 0. The number of halogens is 2. The fraction of sp³-hybridized carbons (Fsp3) is 0.118. The van der Waals surface area contributed by atoms with Crippen LogP contribution in [0.2, 0.25) is 0 Å². The molecule has 0 spiro atoms. The minimum absolute atomic E-state index is 0.0118. The van der Waals surface area contributed by atoms with Gasteiger partial charge in [0, 0.05) is 10.5 Å². The maximum Gasteiger partial charge on any atom is 0.282 e. The lowest BCUT2D eigenvalue weighted by Gasteiger charge is -2.11. The highest BCUT2D eigenvalue weighted by Gasteiger charge is 2.21. The summed E-state index contributed by atoms with van der Waals surface area (Å²) in [6, 6.07) is 15.9. The smallest absolute Gasteiger partial charge is 0.203 e. The molecule has 0 fully saturated rings. The van der Waals surface area contributed by atoms with Crippen molar-refractivity contribution in [3.63, 3.8) is 0 Å². The second-order valence-electron chi connectivity index (χ2n) is 5.30. The van der Waals surface area contributed by atoms with Crippen molar-refractivity contribution < 1.29 is 17.2 Å². The van der Waals surface area contributed by atoms with E-state index < -0.39 is 22.1 Å². The van der Waals surface area contributed by atoms with Crippen LogP contribution in [0.4, 0.5) is 8.78 Å². The molecule has 0 aliphatic heterocycles. The van der Waals surface area contributed by atoms with Crippen molar-refractivity contribution in [3.05, 3.63) is 66.4 Å². The average molecular weight is 395 g/mol. The number of thioether (sulfide) groups is 1. The van der Waals surface area contributed by atoms with Gasteiger partial charge in [0.2, 0.25) is 0 Å². The maximum atomic E-state index is 13.1. The average Bonchev–Trinajstić information content (AvgIpc) is 3.06. The summed E-state index contributed by atoms with van der Waals surface area (Å²) in [6.07, 6.45) is -0.899. The molecule has 0 amide bonds. The fourth-order valence-electron chi connectivity index (χ4n) is 2.31. The van der Waals surface area contributed by atoms with Gasteiger partial charge >= 0.3 is 0 Å². The van der Waals surface area contributed by atoms with Gasteiger partial charge in [0.25, 0.3) is 16.4 Å². The highest BCUT2D eigenvalue weighted by Crippen LogP contribution is 2.27. The van der Waals surface area contributed by atoms with Crippen LogP contribution in [0.25, 0.3) is 11.3 Å². The first-order valence-corrected chi connectivity index (χ1v) is 10.2. The van der Waals surface area contributed by atoms with Gasteiger partial charge in [-0.2, -0.15) is 23.1 Å². The zero-order valence-electron chi connectivity index (χ0n) is 13.6. The number of aromatic nitrogens is 2. The molecule has 1 aromatic heterocycles. The van der Waals surface area contributed by atoms with E-state index in [4.69, 9.17) is 0 Å². The summed E-state index contributed by atoms with van der Waals surface area (Å²) in [5.41, 5.74) is 0.287. The summed E-state index contributed by atoms with van der Waals surface area (Å²) >= 11 is 1.54. The third kappa shape index (κ3) is 3.88. The molecule has 26 heavy (non-hydrogen) atoms. The Morgan fingerprint density at radius 2 is 1.73 bits per heavy atom. The molecule has 3 rings (SSSR count). The first-order valence-electron chi connectivity index (χ1n) is 7.51. The summed E-state index contributed by atoms with van der Waals surface area (Å²) in [7, 11) is -3.97. The van der Waals surface area contributed by atoms with Gasteiger partial charge in [0.15, 0.2) is 0 Å². The minimum atomic E-state index is -3.97. The highest BCUT2D eigenvalue weighted by molar-refractivity contribution is 7.98. The molecule has 0 unspecified atom stereocenters. The molecule has 0 bridgehead atoms. The van der Waals surface area contributed by atoms with Gasteiger partial charge in [-0.05, 0) is 36.6 Å². The number of benzene rings is 2. The van der Waals surface area contributed by atoms with Crippen molar-refractivity contribution in [3.8, 4) is 11.3 Å². The molecule has 0 aliphatic carbocycles. The Morgan fingerprint density at radius 3 is 2.31 bits per heavy atom. The predicted molar refractivity (Wildman–Crippen MR) is 97.4 cm³/mol. The van der Waals surface area contributed by atoms with E-state index >= 15 is 0 Å². The van der Waals surface area contributed by atoms with Gasteiger partial charge in [-0.25, -0.2) is 8.78 Å². The number of sulfonamides is 1. The highest BCUT2D eigenvalue weighted by atomic mass is 32.2. The summed E-state index contributed by atoms with van der Waals surface area (Å²) < 4.78 is 51.2. The molecule has 0 saturated carbocycles. The van der Waals surface area contributed by atoms with E-state index in [1.807, 2.05) is 18.4 Å². The van der Waals surface area contributed by atoms with Crippen molar-refractivity contribution in [1.29, 1.82) is 0 Å². The van der Waals surface area contributed by atoms with E-state index in [0.717, 1.165) is 9.69 Å². The first kappa shape index (κ1) is 18.4. The molecule has 9 heteroatoms. The predicted octanol–water partition coefficient (Wildman–Crippen LogP) is 4.14. The molecule has 2 aromatic carbocycles. The normalized spacial score (nSPS) is 11.7. The van der Waals surface area contributed by atoms with Gasteiger partial charge < -0.3 is 0 Å². The van der Waals surface area contributed by atoms with E-state index in [2.05, 4.69) is 9.93 Å². The number of hydrogen-bond donors (Lipinski definition) is 1. The zero-order chi connectivity index (χ0) is 18.7. The van der Waals surface area contributed by atoms with Crippen LogP contribution in [0.15, 0.2) is 70.5 Å². The van der Waals surface area contributed by atoms with Crippen LogP contribution < -0.4 is 4.83 Å². The van der Waals surface area contributed by atoms with Gasteiger partial charge in [-0.3, -0.25) is 0 Å². The lowest BCUT2D eigenvalue weighted by Crippen LogP contribution is -2.25. The maximum absolute atomic E-state index is 13.1. The molecule has 1 N–H and O–H groups in total. The molecule has 136 valence electrons. The first-order chi connectivity index (χ1) is 12.4. The third-order valence-electron chi connectivity index (χ3n) is 3.60. The lowest BCUT2D eigenvalue weighted by molar-refractivity contribution is 0.145. The Hall–Kier alpha value is -2.39. The molecule has 1 heterocycles. The Morgan fingerprint density at radius 1 is 1.08 bits per heavy atom. The van der Waals surface area contributed by atoms with Crippen molar-refractivity contribution in [2.45, 2.75) is 16.2 Å². The van der Waals surface area contributed by atoms with Gasteiger partial charge in [0.1, 0.15) is 5.69 Å². The number of nitrogens with one attached hydrogen (secondary N) is 1. The Kier molecular flexibility index (Phi) is 5.28. The van der Waals surface area contributed by atoms with Crippen LogP contribution in [-0.4, -0.2) is 24.6 Å². The largest absolute Gasteiger partial charge is 0.282 e. The van der Waals surface area contributed by atoms with E-state index in [-0.39, 0.29) is 10.6 Å². The van der Waals surface area contributed by atoms with Crippen molar-refractivity contribution >= 4 is 21.8 Å². The van der Waals surface area contributed by atoms with Crippen molar-refractivity contribution in [2.24, 2.45) is 0 Å². The lowest BCUT2D eigenvalue weighted by atomic mass is 10.1. The van der Waals surface area contributed by atoms with Crippen LogP contribution in [-0.2, 0) is 10.0 Å². The molecule has 0 radical (unpaired) electrons. The molecule has 0 aliphatic rings. The van der Waals surface area contributed by atoms with Gasteiger partial charge in [-0.15, -0.1) is 11.8 Å². The second-order valence-corrected chi connectivity index (χ2v) is 7.84. The fourth-order valence-corrected chi connectivity index (χ4v) is 3.71. The van der Waals surface area contributed by atoms with E-state index in [1.165, 1.54) is 18.2 Å². The number of nitrogens with zero attached hydrogens (tertiary/aromatic N) is 2. The molecule has 5 nitrogen and oxygen atoms in total. The van der Waals surface area contributed by atoms with E-state index in [0.29, 0.717) is 5.56 Å². The van der Waals surface area contributed by atoms with Crippen LogP contribution in [0.3, 0.4) is 0 Å². The van der Waals surface area contributed by atoms with Crippen LogP contribution in [0.5, 0.6) is 0 Å². The van der Waals surface area contributed by atoms with Gasteiger partial charge in [-0.1, -0.05) is 30.3 Å². The van der Waals surface area contributed by atoms with Crippen LogP contribution in [0.1, 0.15) is 12.1 Å². The number of alkyl halides is 2. The van der Waals surface area contributed by atoms with Gasteiger partial charge in [0.05, 0.1) is 10.6 Å². The summed E-state index contributed by atoms with van der Waals surface area (Å²) in [5.74, 6) is 0. The Bertz CT molecular complexity index is 989. The monoisotopic (exact) mass is 395 g/mol. The SMILES string of the molecule is CSc1ccc(-c2cc(C(F)F)nn2NS(=O)(=O)c2ccccc2)cc1. The Labute approximate surface area is 154 Å². The topological polar surface area (TPSA) is 64.0 Å². The standard InChI is InChI=1S/C17H15F2N3O2S2/c1-25-13-9-7-12(8-10-13)16-11-15(17(18)19)20-22(16)21-26(23,24)14-5-3-2-4-6-14/h2-11,17,21H,1H3. The quantitative estimate of drug-likeness (QED) is 0.637. The second kappa shape index (κ2) is 7.46. The van der Waals surface area contributed by atoms with Crippen molar-refractivity contribution in [1.82, 2.24) is 9.89 Å². The summed E-state index contributed by atoms with van der Waals surface area (Å²) in [4.78, 5) is 4.13. The molecular weight excluding hydrogens is 380 g/mol. The van der Waals surface area contributed by atoms with Crippen LogP contribution in [0, 0.1) is 0 Å². The third-order valence-corrected chi connectivity index (χ3v) is 5.65. The van der Waals surface area contributed by atoms with E-state index in [1.54, 1.807) is 42.1 Å². The number of hydrogen-bond acceptors (Lipinski definition) is 4. The van der Waals surface area contributed by atoms with E-state index in [9.17, 15) is 17.2 Å². The van der Waals surface area contributed by atoms with Crippen LogP contribution >= 0.6 is 11.8 Å². The number of rotatable bonds is 6. The zero-order valence-corrected chi connectivity index (χ0v) is 15.3. The minimum Gasteiger partial charge on any atom is -0.203 e. The molecule has 0 saturated heterocycles. The summed E-state index contributed by atoms with van der Waals surface area (Å²) in [5, 5.41) is 3.71. The molecular formula is C17H15F2N3O2S2. The van der Waals surface area contributed by atoms with Crippen molar-refractivity contribution in [2.75, 3.05) is 11.1 Å². The molecule has 0 atom stereocenters. The Balaban J connectivity index is 2.03.